The zero-order valence-corrected chi connectivity index (χ0v) is 7.65. The van der Waals surface area contributed by atoms with E-state index >= 15 is 0 Å². The highest BCUT2D eigenvalue weighted by molar-refractivity contribution is 4.69. The van der Waals surface area contributed by atoms with Crippen molar-refractivity contribution in [3.8, 4) is 0 Å². The smallest absolute Gasteiger partial charge is 0.0431 e. The van der Waals surface area contributed by atoms with Gasteiger partial charge in [-0.1, -0.05) is 27.7 Å². The molecule has 0 aliphatic heterocycles. The van der Waals surface area contributed by atoms with Crippen LogP contribution in [0.5, 0.6) is 0 Å². The Bertz CT molecular complexity index is 81.2. The molecule has 0 rings (SSSR count). The van der Waals surface area contributed by atoms with Gasteiger partial charge in [0, 0.05) is 6.61 Å². The molecule has 0 aliphatic carbocycles. The Hall–Kier alpha value is -0.0400. The largest absolute Gasteiger partial charge is 0.396 e. The van der Waals surface area contributed by atoms with E-state index in [1.165, 1.54) is 0 Å². The summed E-state index contributed by atoms with van der Waals surface area (Å²) in [6.45, 7) is 9.31. The Balaban J connectivity index is 3.52. The predicted octanol–water partition coefficient (Wildman–Crippen LogP) is 2.44. The van der Waals surface area contributed by atoms with E-state index in [9.17, 15) is 0 Å². The van der Waals surface area contributed by atoms with Crippen LogP contribution in [0.3, 0.4) is 0 Å². The van der Waals surface area contributed by atoms with Crippen molar-refractivity contribution in [1.29, 1.82) is 0 Å². The van der Waals surface area contributed by atoms with Crippen molar-refractivity contribution in [2.24, 2.45) is 11.3 Å². The molecule has 1 N–H and O–H groups in total. The lowest BCUT2D eigenvalue weighted by Gasteiger charge is -2.26. The van der Waals surface area contributed by atoms with Crippen LogP contribution in [0, 0.1) is 11.3 Å². The standard InChI is InChI=1S/C9H20O/c1-8(6-5-7-10)9(2,3)4/h8,10H,5-7H2,1-4H3/t8-/m0/s1. The molecule has 0 aromatic carbocycles. The molecule has 0 radical (unpaired) electrons. The normalized spacial score (nSPS) is 15.3. The molecule has 10 heavy (non-hydrogen) atoms. The zero-order valence-electron chi connectivity index (χ0n) is 7.65. The van der Waals surface area contributed by atoms with Gasteiger partial charge in [-0.2, -0.15) is 0 Å². The first kappa shape index (κ1) is 9.96. The van der Waals surface area contributed by atoms with Gasteiger partial charge in [-0.25, -0.2) is 0 Å². The fourth-order valence-electron chi connectivity index (χ4n) is 0.830. The SMILES string of the molecule is C[C@@H](CCCO)C(C)(C)C. The molecule has 1 nitrogen and oxygen atoms in total. The maximum absolute atomic E-state index is 8.58. The van der Waals surface area contributed by atoms with Gasteiger partial charge < -0.3 is 5.11 Å². The summed E-state index contributed by atoms with van der Waals surface area (Å²) in [6.07, 6.45) is 2.08. The van der Waals surface area contributed by atoms with Gasteiger partial charge in [0.25, 0.3) is 0 Å². The molecular formula is C9H20O. The summed E-state index contributed by atoms with van der Waals surface area (Å²) in [7, 11) is 0. The third kappa shape index (κ3) is 3.89. The minimum Gasteiger partial charge on any atom is -0.396 e. The second-order valence-corrected chi connectivity index (χ2v) is 4.13. The molecule has 0 saturated heterocycles. The first-order valence-corrected chi connectivity index (χ1v) is 4.09. The Kier molecular flexibility index (Phi) is 3.95. The van der Waals surface area contributed by atoms with Gasteiger partial charge in [-0.05, 0) is 24.2 Å². The molecule has 0 unspecified atom stereocenters. The van der Waals surface area contributed by atoms with Crippen LogP contribution in [-0.2, 0) is 0 Å². The van der Waals surface area contributed by atoms with E-state index in [4.69, 9.17) is 5.11 Å². The van der Waals surface area contributed by atoms with Crippen LogP contribution in [0.25, 0.3) is 0 Å². The molecule has 0 fully saturated rings. The van der Waals surface area contributed by atoms with Crippen molar-refractivity contribution in [2.75, 3.05) is 6.61 Å². The molecule has 0 aliphatic rings. The van der Waals surface area contributed by atoms with Crippen LogP contribution in [0.15, 0.2) is 0 Å². The van der Waals surface area contributed by atoms with Crippen LogP contribution in [-0.4, -0.2) is 11.7 Å². The number of hydrogen-bond acceptors (Lipinski definition) is 1. The lowest BCUT2D eigenvalue weighted by molar-refractivity contribution is 0.213. The molecule has 62 valence electrons. The fraction of sp³-hybridized carbons (Fsp3) is 1.00. The first-order chi connectivity index (χ1) is 4.48. The summed E-state index contributed by atoms with van der Waals surface area (Å²) in [6, 6.07) is 0. The lowest BCUT2D eigenvalue weighted by atomic mass is 9.79. The molecule has 0 aromatic rings. The number of aliphatic hydroxyl groups excluding tert-OH is 1. The summed E-state index contributed by atoms with van der Waals surface area (Å²) < 4.78 is 0. The topological polar surface area (TPSA) is 20.2 Å². The van der Waals surface area contributed by atoms with Crippen LogP contribution in [0.4, 0.5) is 0 Å². The monoisotopic (exact) mass is 144 g/mol. The molecule has 0 aromatic heterocycles. The quantitative estimate of drug-likeness (QED) is 0.645. The van der Waals surface area contributed by atoms with Crippen molar-refractivity contribution in [3.05, 3.63) is 0 Å². The van der Waals surface area contributed by atoms with Gasteiger partial charge in [-0.3, -0.25) is 0 Å². The molecule has 0 amide bonds. The van der Waals surface area contributed by atoms with Gasteiger partial charge in [0.05, 0.1) is 0 Å². The molecule has 0 bridgehead atoms. The van der Waals surface area contributed by atoms with Crippen molar-refractivity contribution < 1.29 is 5.11 Å². The second-order valence-electron chi connectivity index (χ2n) is 4.13. The number of aliphatic hydroxyl groups is 1. The van der Waals surface area contributed by atoms with E-state index in [1.54, 1.807) is 0 Å². The van der Waals surface area contributed by atoms with Crippen LogP contribution >= 0.6 is 0 Å². The Morgan fingerprint density at radius 3 is 2.10 bits per heavy atom. The van der Waals surface area contributed by atoms with E-state index < -0.39 is 0 Å². The average Bonchev–Trinajstić information content (AvgIpc) is 1.80. The Morgan fingerprint density at radius 2 is 1.80 bits per heavy atom. The second kappa shape index (κ2) is 3.97. The third-order valence-electron chi connectivity index (χ3n) is 2.27. The zero-order chi connectivity index (χ0) is 8.20. The summed E-state index contributed by atoms with van der Waals surface area (Å²) >= 11 is 0. The molecular weight excluding hydrogens is 124 g/mol. The molecule has 0 heterocycles. The van der Waals surface area contributed by atoms with E-state index in [1.807, 2.05) is 0 Å². The average molecular weight is 144 g/mol. The summed E-state index contributed by atoms with van der Waals surface area (Å²) in [5, 5.41) is 8.58. The molecule has 0 spiro atoms. The van der Waals surface area contributed by atoms with Crippen molar-refractivity contribution in [1.82, 2.24) is 0 Å². The van der Waals surface area contributed by atoms with E-state index in [0.717, 1.165) is 12.8 Å². The summed E-state index contributed by atoms with van der Waals surface area (Å²) in [4.78, 5) is 0. The Morgan fingerprint density at radius 1 is 1.30 bits per heavy atom. The van der Waals surface area contributed by atoms with Crippen molar-refractivity contribution in [3.63, 3.8) is 0 Å². The predicted molar refractivity (Wildman–Crippen MR) is 44.9 cm³/mol. The van der Waals surface area contributed by atoms with E-state index in [2.05, 4.69) is 27.7 Å². The summed E-state index contributed by atoms with van der Waals surface area (Å²) in [5.74, 6) is 0.708. The van der Waals surface area contributed by atoms with Crippen molar-refractivity contribution in [2.45, 2.75) is 40.5 Å². The third-order valence-corrected chi connectivity index (χ3v) is 2.27. The van der Waals surface area contributed by atoms with Gasteiger partial charge in [0.15, 0.2) is 0 Å². The first-order valence-electron chi connectivity index (χ1n) is 4.09. The number of rotatable bonds is 3. The maximum Gasteiger partial charge on any atom is 0.0431 e. The van der Waals surface area contributed by atoms with Crippen molar-refractivity contribution >= 4 is 0 Å². The minimum atomic E-state index is 0.334. The highest BCUT2D eigenvalue weighted by Gasteiger charge is 2.18. The van der Waals surface area contributed by atoms with Gasteiger partial charge >= 0.3 is 0 Å². The molecule has 0 saturated carbocycles. The van der Waals surface area contributed by atoms with Crippen LogP contribution < -0.4 is 0 Å². The molecule has 1 atom stereocenters. The highest BCUT2D eigenvalue weighted by atomic mass is 16.2. The Labute approximate surface area is 64.5 Å². The highest BCUT2D eigenvalue weighted by Crippen LogP contribution is 2.28. The van der Waals surface area contributed by atoms with E-state index in [0.29, 0.717) is 17.9 Å². The van der Waals surface area contributed by atoms with Crippen LogP contribution in [0.2, 0.25) is 0 Å². The lowest BCUT2D eigenvalue weighted by Crippen LogP contribution is -2.17. The summed E-state index contributed by atoms with van der Waals surface area (Å²) in [5.41, 5.74) is 0.398. The van der Waals surface area contributed by atoms with Gasteiger partial charge in [-0.15, -0.1) is 0 Å². The van der Waals surface area contributed by atoms with Crippen LogP contribution in [0.1, 0.15) is 40.5 Å². The molecule has 1 heteroatoms. The number of hydrogen-bond donors (Lipinski definition) is 1. The van der Waals surface area contributed by atoms with Gasteiger partial charge in [0.1, 0.15) is 0 Å². The van der Waals surface area contributed by atoms with E-state index in [-0.39, 0.29) is 0 Å². The maximum atomic E-state index is 8.58. The minimum absolute atomic E-state index is 0.334. The van der Waals surface area contributed by atoms with Gasteiger partial charge in [0.2, 0.25) is 0 Å². The fourth-order valence-corrected chi connectivity index (χ4v) is 0.830.